The third-order valence-corrected chi connectivity index (χ3v) is 4.03. The maximum Gasteiger partial charge on any atom is 0.0463 e. The van der Waals surface area contributed by atoms with Crippen LogP contribution in [-0.2, 0) is 5.54 Å². The lowest BCUT2D eigenvalue weighted by Gasteiger charge is -2.35. The van der Waals surface area contributed by atoms with Crippen LogP contribution in [0.5, 0.6) is 0 Å². The Bertz CT molecular complexity index is 359. The van der Waals surface area contributed by atoms with Crippen LogP contribution >= 0.6 is 0 Å². The van der Waals surface area contributed by atoms with E-state index in [2.05, 4.69) is 41.4 Å². The van der Waals surface area contributed by atoms with Crippen molar-refractivity contribution in [1.29, 1.82) is 0 Å². The zero-order valence-electron chi connectivity index (χ0n) is 10.00. The van der Waals surface area contributed by atoms with Gasteiger partial charge in [0.25, 0.3) is 0 Å². The molecule has 1 aromatic carbocycles. The van der Waals surface area contributed by atoms with Crippen LogP contribution in [-0.4, -0.2) is 31.1 Å². The molecule has 0 unspecified atom stereocenters. The minimum absolute atomic E-state index is 0.399. The van der Waals surface area contributed by atoms with Crippen molar-refractivity contribution in [3.8, 4) is 0 Å². The maximum absolute atomic E-state index is 3.43. The van der Waals surface area contributed by atoms with Gasteiger partial charge in [0.05, 0.1) is 0 Å². The van der Waals surface area contributed by atoms with Crippen LogP contribution in [0.25, 0.3) is 0 Å². The zero-order chi connectivity index (χ0) is 11.0. The summed E-state index contributed by atoms with van der Waals surface area (Å²) in [5.74, 6) is 0. The molecule has 16 heavy (non-hydrogen) atoms. The van der Waals surface area contributed by atoms with Crippen molar-refractivity contribution >= 4 is 0 Å². The van der Waals surface area contributed by atoms with Crippen LogP contribution in [0.4, 0.5) is 0 Å². The molecule has 1 aromatic rings. The third-order valence-electron chi connectivity index (χ3n) is 4.03. The molecule has 2 heteroatoms. The molecule has 86 valence electrons. The standard InChI is InChI=1S/C14H20N2/c1-12-2-4-13(5-3-12)14(6-7-14)16-10-8-15-9-11-16/h2-5,15H,6-11H2,1H3. The van der Waals surface area contributed by atoms with Crippen molar-refractivity contribution in [2.75, 3.05) is 26.2 Å². The van der Waals surface area contributed by atoms with Crippen LogP contribution in [0, 0.1) is 6.92 Å². The first-order chi connectivity index (χ1) is 7.81. The number of hydrogen-bond donors (Lipinski definition) is 1. The normalized spacial score (nSPS) is 24.3. The molecule has 0 atom stereocenters. The maximum atomic E-state index is 3.43. The topological polar surface area (TPSA) is 15.3 Å². The smallest absolute Gasteiger partial charge is 0.0463 e. The Labute approximate surface area is 97.6 Å². The molecular weight excluding hydrogens is 196 g/mol. The van der Waals surface area contributed by atoms with E-state index in [1.165, 1.54) is 37.1 Å². The summed E-state index contributed by atoms with van der Waals surface area (Å²) in [4.78, 5) is 2.67. The van der Waals surface area contributed by atoms with Crippen LogP contribution in [0.15, 0.2) is 24.3 Å². The highest BCUT2D eigenvalue weighted by Crippen LogP contribution is 2.50. The van der Waals surface area contributed by atoms with E-state index in [-0.39, 0.29) is 0 Å². The van der Waals surface area contributed by atoms with Crippen LogP contribution in [0.1, 0.15) is 24.0 Å². The van der Waals surface area contributed by atoms with E-state index in [1.54, 1.807) is 0 Å². The van der Waals surface area contributed by atoms with Crippen molar-refractivity contribution < 1.29 is 0 Å². The number of hydrogen-bond acceptors (Lipinski definition) is 2. The van der Waals surface area contributed by atoms with Crippen LogP contribution in [0.2, 0.25) is 0 Å². The minimum atomic E-state index is 0.399. The lowest BCUT2D eigenvalue weighted by Crippen LogP contribution is -2.48. The fraction of sp³-hybridized carbons (Fsp3) is 0.571. The van der Waals surface area contributed by atoms with E-state index in [9.17, 15) is 0 Å². The second kappa shape index (κ2) is 3.86. The molecular formula is C14H20N2. The number of piperazine rings is 1. The Morgan fingerprint density at radius 2 is 1.69 bits per heavy atom. The summed E-state index contributed by atoms with van der Waals surface area (Å²) in [5, 5.41) is 3.43. The molecule has 0 spiro atoms. The summed E-state index contributed by atoms with van der Waals surface area (Å²) >= 11 is 0. The molecule has 1 saturated heterocycles. The second-order valence-corrected chi connectivity index (χ2v) is 5.13. The highest BCUT2D eigenvalue weighted by atomic mass is 15.3. The predicted molar refractivity (Wildman–Crippen MR) is 66.5 cm³/mol. The van der Waals surface area contributed by atoms with Gasteiger partial charge in [-0.25, -0.2) is 0 Å². The highest BCUT2D eigenvalue weighted by Gasteiger charge is 2.49. The molecule has 2 aliphatic rings. The van der Waals surface area contributed by atoms with Gasteiger partial charge in [0.2, 0.25) is 0 Å². The van der Waals surface area contributed by atoms with Gasteiger partial charge in [0.1, 0.15) is 0 Å². The molecule has 1 aliphatic carbocycles. The Morgan fingerprint density at radius 3 is 2.25 bits per heavy atom. The molecule has 0 aromatic heterocycles. The van der Waals surface area contributed by atoms with Gasteiger partial charge in [-0.2, -0.15) is 0 Å². The van der Waals surface area contributed by atoms with E-state index in [4.69, 9.17) is 0 Å². The number of aryl methyl sites for hydroxylation is 1. The predicted octanol–water partition coefficient (Wildman–Crippen LogP) is 1.89. The monoisotopic (exact) mass is 216 g/mol. The molecule has 1 saturated carbocycles. The van der Waals surface area contributed by atoms with E-state index >= 15 is 0 Å². The van der Waals surface area contributed by atoms with Gasteiger partial charge in [-0.05, 0) is 25.3 Å². The van der Waals surface area contributed by atoms with E-state index in [1.807, 2.05) is 0 Å². The molecule has 0 amide bonds. The van der Waals surface area contributed by atoms with Crippen molar-refractivity contribution in [2.24, 2.45) is 0 Å². The number of nitrogens with one attached hydrogen (secondary N) is 1. The Morgan fingerprint density at radius 1 is 1.06 bits per heavy atom. The molecule has 1 N–H and O–H groups in total. The Kier molecular flexibility index (Phi) is 2.49. The van der Waals surface area contributed by atoms with Gasteiger partial charge in [-0.1, -0.05) is 29.8 Å². The average molecular weight is 216 g/mol. The van der Waals surface area contributed by atoms with Crippen molar-refractivity contribution in [3.05, 3.63) is 35.4 Å². The van der Waals surface area contributed by atoms with E-state index < -0.39 is 0 Å². The first-order valence-corrected chi connectivity index (χ1v) is 6.34. The fourth-order valence-corrected chi connectivity index (χ4v) is 2.86. The highest BCUT2D eigenvalue weighted by molar-refractivity contribution is 5.32. The van der Waals surface area contributed by atoms with Gasteiger partial charge in [0, 0.05) is 31.7 Å². The first-order valence-electron chi connectivity index (χ1n) is 6.34. The first kappa shape index (κ1) is 10.3. The molecule has 1 heterocycles. The number of rotatable bonds is 2. The van der Waals surface area contributed by atoms with Gasteiger partial charge >= 0.3 is 0 Å². The lowest BCUT2D eigenvalue weighted by molar-refractivity contribution is 0.154. The molecule has 0 bridgehead atoms. The minimum Gasteiger partial charge on any atom is -0.314 e. The van der Waals surface area contributed by atoms with Gasteiger partial charge in [0.15, 0.2) is 0 Å². The largest absolute Gasteiger partial charge is 0.314 e. The van der Waals surface area contributed by atoms with Gasteiger partial charge in [-0.3, -0.25) is 4.90 Å². The molecule has 0 radical (unpaired) electrons. The Balaban J connectivity index is 1.84. The summed E-state index contributed by atoms with van der Waals surface area (Å²) in [6.45, 7) is 6.86. The summed E-state index contributed by atoms with van der Waals surface area (Å²) in [6.07, 6.45) is 2.69. The Hall–Kier alpha value is -0.860. The summed E-state index contributed by atoms with van der Waals surface area (Å²) in [6, 6.07) is 9.14. The second-order valence-electron chi connectivity index (χ2n) is 5.13. The fourth-order valence-electron chi connectivity index (χ4n) is 2.86. The van der Waals surface area contributed by atoms with Crippen molar-refractivity contribution in [3.63, 3.8) is 0 Å². The number of benzene rings is 1. The summed E-state index contributed by atoms with van der Waals surface area (Å²) in [5.41, 5.74) is 3.29. The van der Waals surface area contributed by atoms with Gasteiger partial charge < -0.3 is 5.32 Å². The summed E-state index contributed by atoms with van der Waals surface area (Å²) < 4.78 is 0. The van der Waals surface area contributed by atoms with Crippen molar-refractivity contribution in [1.82, 2.24) is 10.2 Å². The van der Waals surface area contributed by atoms with Crippen LogP contribution < -0.4 is 5.32 Å². The quantitative estimate of drug-likeness (QED) is 0.812. The molecule has 2 fully saturated rings. The molecule has 2 nitrogen and oxygen atoms in total. The van der Waals surface area contributed by atoms with E-state index in [0.717, 1.165) is 13.1 Å². The molecule has 3 rings (SSSR count). The van der Waals surface area contributed by atoms with Crippen molar-refractivity contribution in [2.45, 2.75) is 25.3 Å². The van der Waals surface area contributed by atoms with Gasteiger partial charge in [-0.15, -0.1) is 0 Å². The zero-order valence-corrected chi connectivity index (χ0v) is 10.00. The van der Waals surface area contributed by atoms with Crippen LogP contribution in [0.3, 0.4) is 0 Å². The van der Waals surface area contributed by atoms with E-state index in [0.29, 0.717) is 5.54 Å². The average Bonchev–Trinajstić information content (AvgIpc) is 3.13. The summed E-state index contributed by atoms with van der Waals surface area (Å²) in [7, 11) is 0. The third kappa shape index (κ3) is 1.66. The number of nitrogens with zero attached hydrogens (tertiary/aromatic N) is 1. The SMILES string of the molecule is Cc1ccc(C2(N3CCNCC3)CC2)cc1. The lowest BCUT2D eigenvalue weighted by atomic mass is 10.0. The molecule has 1 aliphatic heterocycles.